The molecule has 0 spiro atoms. The summed E-state index contributed by atoms with van der Waals surface area (Å²) in [5, 5.41) is 0.141. The summed E-state index contributed by atoms with van der Waals surface area (Å²) in [6.07, 6.45) is -1.55. The molecule has 2 aromatic rings. The lowest BCUT2D eigenvalue weighted by Gasteiger charge is -2.40. The fourth-order valence-electron chi connectivity index (χ4n) is 4.44. The monoisotopic (exact) mass is 630 g/mol. The third kappa shape index (κ3) is 10.3. The highest BCUT2D eigenvalue weighted by molar-refractivity contribution is 6.74. The van der Waals surface area contributed by atoms with E-state index < -0.39 is 34.6 Å². The Kier molecular flexibility index (Phi) is 12.1. The molecule has 1 fully saturated rings. The van der Waals surface area contributed by atoms with Crippen molar-refractivity contribution >= 4 is 16.6 Å². The van der Waals surface area contributed by atoms with Crippen molar-refractivity contribution in [3.63, 3.8) is 0 Å². The van der Waals surface area contributed by atoms with Gasteiger partial charge in [-0.05, 0) is 61.2 Å². The third-order valence-electron chi connectivity index (χ3n) is 9.34. The number of benzene rings is 2. The molecule has 242 valence electrons. The van der Waals surface area contributed by atoms with Gasteiger partial charge in [0.15, 0.2) is 22.4 Å². The van der Waals surface area contributed by atoms with Crippen molar-refractivity contribution in [1.82, 2.24) is 0 Å². The first-order valence-electron chi connectivity index (χ1n) is 15.8. The molecule has 1 heterocycles. The second kappa shape index (κ2) is 14.4. The molecular weight excluding hydrogens is 573 g/mol. The molecule has 0 saturated carbocycles. The lowest BCUT2D eigenvalue weighted by atomic mass is 10.0. The van der Waals surface area contributed by atoms with E-state index in [2.05, 4.69) is 92.0 Å². The number of hydrogen-bond donors (Lipinski definition) is 0. The highest BCUT2D eigenvalue weighted by Crippen LogP contribution is 2.40. The topological polar surface area (TPSA) is 55.4 Å². The van der Waals surface area contributed by atoms with Crippen LogP contribution in [0.5, 0.6) is 0 Å². The molecule has 1 saturated heterocycles. The van der Waals surface area contributed by atoms with Gasteiger partial charge in [0.1, 0.15) is 24.4 Å². The summed E-state index contributed by atoms with van der Waals surface area (Å²) in [5.41, 5.74) is 2.21. The van der Waals surface area contributed by atoms with Gasteiger partial charge in [-0.3, -0.25) is 0 Å². The van der Waals surface area contributed by atoms with Crippen molar-refractivity contribution in [2.24, 2.45) is 0 Å². The van der Waals surface area contributed by atoms with Crippen LogP contribution in [0.25, 0.3) is 0 Å². The summed E-state index contributed by atoms with van der Waals surface area (Å²) < 4.78 is 40.1. The van der Waals surface area contributed by atoms with E-state index in [-0.39, 0.29) is 22.3 Å². The van der Waals surface area contributed by atoms with Crippen LogP contribution in [0.3, 0.4) is 0 Å². The molecule has 3 rings (SSSR count). The lowest BCUT2D eigenvalue weighted by Crippen LogP contribution is -2.51. The molecular formula is C35H58O6Si2. The van der Waals surface area contributed by atoms with Crippen molar-refractivity contribution in [3.8, 4) is 0 Å². The van der Waals surface area contributed by atoms with Gasteiger partial charge >= 0.3 is 0 Å². The first kappa shape index (κ1) is 36.1. The van der Waals surface area contributed by atoms with Gasteiger partial charge in [0.25, 0.3) is 0 Å². The minimum Gasteiger partial charge on any atom is -0.414 e. The van der Waals surface area contributed by atoms with Crippen molar-refractivity contribution in [2.45, 2.75) is 135 Å². The molecule has 2 unspecified atom stereocenters. The average Bonchev–Trinajstić information content (AvgIpc) is 3.23. The summed E-state index contributed by atoms with van der Waals surface area (Å²) in [6, 6.07) is 20.5. The van der Waals surface area contributed by atoms with Crippen LogP contribution in [0.15, 0.2) is 60.7 Å². The maximum atomic E-state index is 6.75. The van der Waals surface area contributed by atoms with Gasteiger partial charge < -0.3 is 27.8 Å². The Morgan fingerprint density at radius 2 is 0.953 bits per heavy atom. The highest BCUT2D eigenvalue weighted by Gasteiger charge is 2.51. The summed E-state index contributed by atoms with van der Waals surface area (Å²) >= 11 is 0. The zero-order valence-corrected chi connectivity index (χ0v) is 30.9. The van der Waals surface area contributed by atoms with Crippen LogP contribution < -0.4 is 0 Å². The van der Waals surface area contributed by atoms with Gasteiger partial charge in [0.2, 0.25) is 0 Å². The van der Waals surface area contributed by atoms with Crippen LogP contribution in [0, 0.1) is 0 Å². The molecule has 1 aliphatic rings. The molecule has 0 bridgehead atoms. The average molecular weight is 631 g/mol. The first-order chi connectivity index (χ1) is 19.8. The Morgan fingerprint density at radius 1 is 0.628 bits per heavy atom. The molecule has 8 heteroatoms. The number of hydrogen-bond acceptors (Lipinski definition) is 6. The molecule has 0 aromatic heterocycles. The number of ether oxygens (including phenoxy) is 4. The molecule has 1 aliphatic heterocycles. The normalized spacial score (nSPS) is 21.1. The van der Waals surface area contributed by atoms with Crippen LogP contribution >= 0.6 is 0 Å². The van der Waals surface area contributed by atoms with Crippen LogP contribution in [0.1, 0.15) is 66.5 Å². The molecule has 2 aromatic carbocycles. The zero-order valence-electron chi connectivity index (χ0n) is 28.9. The minimum atomic E-state index is -2.06. The van der Waals surface area contributed by atoms with Crippen molar-refractivity contribution in [2.75, 3.05) is 13.2 Å². The van der Waals surface area contributed by atoms with E-state index in [1.807, 2.05) is 50.2 Å². The van der Waals surface area contributed by atoms with Gasteiger partial charge in [-0.1, -0.05) is 102 Å². The maximum absolute atomic E-state index is 6.75. The van der Waals surface area contributed by atoms with E-state index in [1.165, 1.54) is 0 Å². The second-order valence-corrected chi connectivity index (χ2v) is 25.0. The molecule has 0 aliphatic carbocycles. The van der Waals surface area contributed by atoms with Gasteiger partial charge in [-0.15, -0.1) is 0 Å². The summed E-state index contributed by atoms with van der Waals surface area (Å²) in [5.74, 6) is -0.813. The highest BCUT2D eigenvalue weighted by atomic mass is 28.4. The Balaban J connectivity index is 1.93. The van der Waals surface area contributed by atoms with Crippen LogP contribution in [0.4, 0.5) is 0 Å². The molecule has 0 radical (unpaired) electrons. The van der Waals surface area contributed by atoms with E-state index in [0.717, 1.165) is 11.1 Å². The predicted octanol–water partition coefficient (Wildman–Crippen LogP) is 8.72. The Labute approximate surface area is 264 Å². The molecule has 43 heavy (non-hydrogen) atoms. The third-order valence-corrected chi connectivity index (χ3v) is 18.3. The zero-order chi connectivity index (χ0) is 32.1. The van der Waals surface area contributed by atoms with Gasteiger partial charge in [0.05, 0.1) is 26.4 Å². The fraction of sp³-hybridized carbons (Fsp3) is 0.657. The smallest absolute Gasteiger partial charge is 0.192 e. The van der Waals surface area contributed by atoms with Gasteiger partial charge in [0, 0.05) is 0 Å². The predicted molar refractivity (Wildman–Crippen MR) is 180 cm³/mol. The fourth-order valence-corrected chi connectivity index (χ4v) is 6.46. The van der Waals surface area contributed by atoms with E-state index in [9.17, 15) is 0 Å². The maximum Gasteiger partial charge on any atom is 0.192 e. The van der Waals surface area contributed by atoms with Crippen molar-refractivity contribution in [1.29, 1.82) is 0 Å². The van der Waals surface area contributed by atoms with Crippen molar-refractivity contribution < 1.29 is 27.8 Å². The molecule has 0 N–H and O–H groups in total. The first-order valence-corrected chi connectivity index (χ1v) is 21.6. The van der Waals surface area contributed by atoms with Crippen molar-refractivity contribution in [3.05, 3.63) is 71.8 Å². The van der Waals surface area contributed by atoms with Crippen LogP contribution in [-0.2, 0) is 41.0 Å². The SMILES string of the molecule is CC1(C)OC([C@H](CO[Si](C)(C)C(C)(C)C)OCc2ccccc2)C([C@H](CO[Si](C)(C)C(C)(C)C)OCc2ccccc2)O1. The Hall–Kier alpha value is -1.37. The summed E-state index contributed by atoms with van der Waals surface area (Å²) in [4.78, 5) is 0. The van der Waals surface area contributed by atoms with Gasteiger partial charge in [-0.25, -0.2) is 0 Å². The van der Waals surface area contributed by atoms with Gasteiger partial charge in [-0.2, -0.15) is 0 Å². The molecule has 4 atom stereocenters. The van der Waals surface area contributed by atoms with Crippen LogP contribution in [-0.4, -0.2) is 60.1 Å². The molecule has 6 nitrogen and oxygen atoms in total. The Bertz CT molecular complexity index is 1020. The van der Waals surface area contributed by atoms with E-state index in [0.29, 0.717) is 26.4 Å². The van der Waals surface area contributed by atoms with E-state index >= 15 is 0 Å². The summed E-state index contributed by atoms with van der Waals surface area (Å²) in [6.45, 7) is 28.3. The Morgan fingerprint density at radius 3 is 1.26 bits per heavy atom. The summed E-state index contributed by atoms with van der Waals surface area (Å²) in [7, 11) is -4.12. The number of rotatable bonds is 14. The van der Waals surface area contributed by atoms with E-state index in [1.54, 1.807) is 0 Å². The molecule has 0 amide bonds. The quantitative estimate of drug-likeness (QED) is 0.195. The second-order valence-electron chi connectivity index (χ2n) is 15.4. The lowest BCUT2D eigenvalue weighted by molar-refractivity contribution is -0.169. The van der Waals surface area contributed by atoms with E-state index in [4.69, 9.17) is 27.8 Å². The largest absolute Gasteiger partial charge is 0.414 e. The minimum absolute atomic E-state index is 0.0705. The van der Waals surface area contributed by atoms with Crippen LogP contribution in [0.2, 0.25) is 36.3 Å². The standard InChI is InChI=1S/C35H58O6Si2/c1-33(2,3)42(9,10)38-25-29(36-23-27-19-15-13-16-20-27)31-32(41-35(7,8)40-31)30(26-39-43(11,12)34(4,5)6)37-24-28-21-17-14-18-22-28/h13-22,29-32H,23-26H2,1-12H3/t29-,30-,31?,32?/m0/s1.